The molecule has 0 N–H and O–H groups in total. The summed E-state index contributed by atoms with van der Waals surface area (Å²) in [6.45, 7) is 0. The number of benzene rings is 1. The third-order valence-corrected chi connectivity index (χ3v) is 2.91. The van der Waals surface area contributed by atoms with E-state index in [1.165, 1.54) is 0 Å². The summed E-state index contributed by atoms with van der Waals surface area (Å²) in [5.41, 5.74) is 9.40. The number of carbonyl (C=O) groups excluding carboxylic acids is 1. The second-order valence-electron chi connectivity index (χ2n) is 4.15. The Morgan fingerprint density at radius 1 is 1.41 bits per heavy atom. The van der Waals surface area contributed by atoms with Crippen LogP contribution in [0.5, 0.6) is 0 Å². The molecule has 0 saturated carbocycles. The van der Waals surface area contributed by atoms with Crippen molar-refractivity contribution in [1.29, 1.82) is 0 Å². The van der Waals surface area contributed by atoms with Crippen LogP contribution in [0.2, 0.25) is 0 Å². The van der Waals surface area contributed by atoms with Crippen LogP contribution < -0.4 is 0 Å². The van der Waals surface area contributed by atoms with Crippen LogP contribution in [0.1, 0.15) is 30.9 Å². The lowest BCUT2D eigenvalue weighted by Gasteiger charge is -2.12. The van der Waals surface area contributed by atoms with Gasteiger partial charge in [-0.05, 0) is 18.4 Å². The van der Waals surface area contributed by atoms with Gasteiger partial charge >= 0.3 is 6.21 Å². The van der Waals surface area contributed by atoms with E-state index in [9.17, 15) is 4.79 Å². The fourth-order valence-electron chi connectivity index (χ4n) is 2.11. The van der Waals surface area contributed by atoms with Gasteiger partial charge in [-0.15, -0.1) is 0 Å². The number of rotatable bonds is 4. The van der Waals surface area contributed by atoms with Crippen LogP contribution in [0, 0.1) is 0 Å². The maximum absolute atomic E-state index is 11.3. The minimum absolute atomic E-state index is 0.0642. The molecule has 1 heterocycles. The Kier molecular flexibility index (Phi) is 3.81. The number of hydrogen-bond donors (Lipinski definition) is 0. The largest absolute Gasteiger partial charge is 0.370 e. The zero-order valence-electron chi connectivity index (χ0n) is 9.45. The van der Waals surface area contributed by atoms with Gasteiger partial charge in [0, 0.05) is 6.42 Å². The Morgan fingerprint density at radius 2 is 2.18 bits per heavy atom. The SMILES string of the molecule is [N-]=[N+]=CC(=O)C[C@@H]1CC[C@@H](c2ccccc2)O1. The average molecular weight is 230 g/mol. The van der Waals surface area contributed by atoms with E-state index in [-0.39, 0.29) is 24.4 Å². The highest BCUT2D eigenvalue weighted by Crippen LogP contribution is 2.33. The lowest BCUT2D eigenvalue weighted by molar-refractivity contribution is -0.118. The number of hydrogen-bond acceptors (Lipinski definition) is 2. The van der Waals surface area contributed by atoms with E-state index in [0.717, 1.165) is 24.6 Å². The van der Waals surface area contributed by atoms with Gasteiger partial charge in [-0.25, -0.2) is 0 Å². The van der Waals surface area contributed by atoms with Gasteiger partial charge < -0.3 is 10.3 Å². The first-order chi connectivity index (χ1) is 8.29. The van der Waals surface area contributed by atoms with Crippen LogP contribution in [-0.4, -0.2) is 22.9 Å². The lowest BCUT2D eigenvalue weighted by Crippen LogP contribution is -2.14. The zero-order valence-corrected chi connectivity index (χ0v) is 9.45. The molecule has 1 aromatic rings. The smallest absolute Gasteiger partial charge is 0.323 e. The maximum Gasteiger partial charge on any atom is 0.323 e. The molecule has 0 aliphatic carbocycles. The van der Waals surface area contributed by atoms with Crippen molar-refractivity contribution in [3.05, 3.63) is 41.4 Å². The molecule has 1 fully saturated rings. The zero-order chi connectivity index (χ0) is 12.1. The van der Waals surface area contributed by atoms with E-state index in [1.54, 1.807) is 0 Å². The summed E-state index contributed by atoms with van der Waals surface area (Å²) in [6, 6.07) is 10.00. The minimum atomic E-state index is -0.203. The van der Waals surface area contributed by atoms with Crippen molar-refractivity contribution in [3.8, 4) is 0 Å². The highest BCUT2D eigenvalue weighted by Gasteiger charge is 2.28. The van der Waals surface area contributed by atoms with Crippen molar-refractivity contribution >= 4 is 12.0 Å². The summed E-state index contributed by atoms with van der Waals surface area (Å²) in [7, 11) is 0. The number of carbonyl (C=O) groups is 1. The second kappa shape index (κ2) is 5.53. The molecule has 2 atom stereocenters. The minimum Gasteiger partial charge on any atom is -0.370 e. The molecule has 4 heteroatoms. The van der Waals surface area contributed by atoms with Crippen molar-refractivity contribution in [2.24, 2.45) is 0 Å². The molecule has 4 nitrogen and oxygen atoms in total. The fraction of sp³-hybridized carbons (Fsp3) is 0.385. The summed E-state index contributed by atoms with van der Waals surface area (Å²) in [6.07, 6.45) is 3.03. The number of nitrogens with zero attached hydrogens (tertiary/aromatic N) is 2. The summed E-state index contributed by atoms with van der Waals surface area (Å²) >= 11 is 0. The third kappa shape index (κ3) is 3.09. The van der Waals surface area contributed by atoms with Gasteiger partial charge in [-0.2, -0.15) is 4.79 Å². The van der Waals surface area contributed by atoms with Crippen LogP contribution in [0.3, 0.4) is 0 Å². The van der Waals surface area contributed by atoms with Crippen molar-refractivity contribution in [2.75, 3.05) is 0 Å². The normalized spacial score (nSPS) is 23.1. The Labute approximate surface area is 99.8 Å². The van der Waals surface area contributed by atoms with Crippen LogP contribution in [0.25, 0.3) is 5.53 Å². The number of Topliss-reactive ketones (excluding diaryl/α,β-unsaturated/α-hetero) is 1. The number of ether oxygens (including phenoxy) is 1. The summed E-state index contributed by atoms with van der Waals surface area (Å²) in [5, 5.41) is 0. The average Bonchev–Trinajstić information content (AvgIpc) is 2.79. The molecule has 0 aromatic heterocycles. The van der Waals surface area contributed by atoms with E-state index in [1.807, 2.05) is 30.3 Å². The maximum atomic E-state index is 11.3. The van der Waals surface area contributed by atoms with E-state index in [2.05, 4.69) is 4.79 Å². The molecular weight excluding hydrogens is 216 g/mol. The van der Waals surface area contributed by atoms with Gasteiger partial charge in [0.25, 0.3) is 0 Å². The van der Waals surface area contributed by atoms with Gasteiger partial charge in [-0.3, -0.25) is 4.79 Å². The molecule has 88 valence electrons. The third-order valence-electron chi connectivity index (χ3n) is 2.91. The van der Waals surface area contributed by atoms with Gasteiger partial charge in [0.05, 0.1) is 12.2 Å². The molecule has 1 aliphatic heterocycles. The van der Waals surface area contributed by atoms with E-state index < -0.39 is 0 Å². The first-order valence-electron chi connectivity index (χ1n) is 5.70. The first kappa shape index (κ1) is 11.7. The fourth-order valence-corrected chi connectivity index (χ4v) is 2.11. The molecule has 0 bridgehead atoms. The Hall–Kier alpha value is -1.77. The topological polar surface area (TPSA) is 62.7 Å². The summed E-state index contributed by atoms with van der Waals surface area (Å²) in [5.74, 6) is -0.203. The van der Waals surface area contributed by atoms with Crippen LogP contribution >= 0.6 is 0 Å². The molecule has 1 saturated heterocycles. The van der Waals surface area contributed by atoms with E-state index in [0.29, 0.717) is 0 Å². The molecule has 2 rings (SSSR count). The molecular formula is C13H14N2O2. The molecule has 1 aliphatic rings. The quantitative estimate of drug-likeness (QED) is 0.452. The molecule has 1 aromatic carbocycles. The molecule has 0 unspecified atom stereocenters. The van der Waals surface area contributed by atoms with Gasteiger partial charge in [-0.1, -0.05) is 30.3 Å². The van der Waals surface area contributed by atoms with Crippen LogP contribution in [0.15, 0.2) is 30.3 Å². The highest BCUT2D eigenvalue weighted by atomic mass is 16.5. The molecule has 0 spiro atoms. The van der Waals surface area contributed by atoms with Crippen molar-refractivity contribution < 1.29 is 14.3 Å². The van der Waals surface area contributed by atoms with Crippen LogP contribution in [-0.2, 0) is 9.53 Å². The monoisotopic (exact) mass is 230 g/mol. The summed E-state index contributed by atoms with van der Waals surface area (Å²) in [4.78, 5) is 14.0. The van der Waals surface area contributed by atoms with Gasteiger partial charge in [0.15, 0.2) is 0 Å². The summed E-state index contributed by atoms with van der Waals surface area (Å²) < 4.78 is 5.80. The predicted molar refractivity (Wildman–Crippen MR) is 62.6 cm³/mol. The Bertz CT molecular complexity index is 438. The van der Waals surface area contributed by atoms with Crippen molar-refractivity contribution in [3.63, 3.8) is 0 Å². The lowest BCUT2D eigenvalue weighted by atomic mass is 10.1. The van der Waals surface area contributed by atoms with Crippen LogP contribution in [0.4, 0.5) is 0 Å². The predicted octanol–water partition coefficient (Wildman–Crippen LogP) is 2.17. The van der Waals surface area contributed by atoms with Crippen molar-refractivity contribution in [2.45, 2.75) is 31.5 Å². The second-order valence-corrected chi connectivity index (χ2v) is 4.15. The first-order valence-corrected chi connectivity index (χ1v) is 5.70. The standard InChI is InChI=1S/C13H14N2O2/c14-15-9-11(16)8-12-6-7-13(17-12)10-4-2-1-3-5-10/h1-5,9,12-13H,6-8H2/t12-,13-/m0/s1. The van der Waals surface area contributed by atoms with E-state index >= 15 is 0 Å². The van der Waals surface area contributed by atoms with Gasteiger partial charge in [0.1, 0.15) is 0 Å². The van der Waals surface area contributed by atoms with Gasteiger partial charge in [0.2, 0.25) is 5.78 Å². The molecule has 0 radical (unpaired) electrons. The van der Waals surface area contributed by atoms with Crippen molar-refractivity contribution in [1.82, 2.24) is 0 Å². The highest BCUT2D eigenvalue weighted by molar-refractivity contribution is 6.25. The Balaban J connectivity index is 1.92. The van der Waals surface area contributed by atoms with E-state index in [4.69, 9.17) is 10.3 Å². The number of ketones is 1. The molecule has 0 amide bonds. The molecule has 17 heavy (non-hydrogen) atoms. The Morgan fingerprint density at radius 3 is 2.88 bits per heavy atom.